The first-order valence-corrected chi connectivity index (χ1v) is 11.0. The van der Waals surface area contributed by atoms with Gasteiger partial charge in [0.05, 0.1) is 35.0 Å². The summed E-state index contributed by atoms with van der Waals surface area (Å²) in [6.45, 7) is -0.0797. The molecule has 31 heavy (non-hydrogen) atoms. The van der Waals surface area contributed by atoms with Crippen molar-refractivity contribution in [1.29, 1.82) is 0 Å². The molecule has 4 rings (SSSR count). The highest BCUT2D eigenvalue weighted by Crippen LogP contribution is 2.25. The highest BCUT2D eigenvalue weighted by atomic mass is 35.5. The van der Waals surface area contributed by atoms with Gasteiger partial charge in [0.25, 0.3) is 5.56 Å². The van der Waals surface area contributed by atoms with Crippen molar-refractivity contribution in [3.63, 3.8) is 0 Å². The summed E-state index contributed by atoms with van der Waals surface area (Å²) in [5.41, 5.74) is -0.197. The monoisotopic (exact) mass is 458 g/mol. The minimum Gasteiger partial charge on any atom is -0.497 e. The second kappa shape index (κ2) is 8.13. The Balaban J connectivity index is 1.72. The van der Waals surface area contributed by atoms with E-state index in [1.807, 2.05) is 0 Å². The molecule has 0 N–H and O–H groups in total. The molecule has 1 aromatic heterocycles. The van der Waals surface area contributed by atoms with E-state index in [1.165, 1.54) is 61.8 Å². The normalized spacial score (nSPS) is 11.6. The Morgan fingerprint density at radius 1 is 1.03 bits per heavy atom. The summed E-state index contributed by atoms with van der Waals surface area (Å²) in [6, 6.07) is 14.4. The molecule has 158 valence electrons. The number of ether oxygens (including phenoxy) is 1. The maximum atomic E-state index is 14.1. The average molecular weight is 459 g/mol. The van der Waals surface area contributed by atoms with E-state index in [0.29, 0.717) is 11.1 Å². The maximum Gasteiger partial charge on any atom is 0.274 e. The second-order valence-electron chi connectivity index (χ2n) is 6.77. The third-order valence-corrected chi connectivity index (χ3v) is 6.84. The van der Waals surface area contributed by atoms with Gasteiger partial charge in [-0.1, -0.05) is 17.7 Å². The molecular formula is C22H16ClFN2O4S. The number of sulfone groups is 1. The van der Waals surface area contributed by atoms with Crippen LogP contribution in [0.3, 0.4) is 0 Å². The number of nitrogens with zero attached hydrogens (tertiary/aromatic N) is 2. The summed E-state index contributed by atoms with van der Waals surface area (Å²) < 4.78 is 46.1. The first-order valence-electron chi connectivity index (χ1n) is 9.12. The van der Waals surface area contributed by atoms with Gasteiger partial charge in [0.2, 0.25) is 9.84 Å². The van der Waals surface area contributed by atoms with Gasteiger partial charge in [0.1, 0.15) is 11.6 Å². The zero-order valence-electron chi connectivity index (χ0n) is 16.2. The van der Waals surface area contributed by atoms with Gasteiger partial charge in [0.15, 0.2) is 0 Å². The van der Waals surface area contributed by atoms with Crippen LogP contribution >= 0.6 is 11.6 Å². The summed E-state index contributed by atoms with van der Waals surface area (Å²) in [5, 5.41) is 4.98. The van der Waals surface area contributed by atoms with E-state index in [2.05, 4.69) is 5.10 Å². The third-order valence-electron chi connectivity index (χ3n) is 4.84. The van der Waals surface area contributed by atoms with Gasteiger partial charge in [0, 0.05) is 16.0 Å². The Morgan fingerprint density at radius 3 is 2.42 bits per heavy atom. The molecule has 0 aliphatic carbocycles. The van der Waals surface area contributed by atoms with E-state index >= 15 is 0 Å². The van der Waals surface area contributed by atoms with Gasteiger partial charge in [-0.05, 0) is 54.6 Å². The third kappa shape index (κ3) is 4.04. The summed E-state index contributed by atoms with van der Waals surface area (Å²) in [7, 11) is -2.30. The van der Waals surface area contributed by atoms with E-state index in [4.69, 9.17) is 16.3 Å². The van der Waals surface area contributed by atoms with Crippen LogP contribution in [0.4, 0.5) is 4.39 Å². The van der Waals surface area contributed by atoms with Crippen LogP contribution < -0.4 is 10.3 Å². The Kier molecular flexibility index (Phi) is 5.51. The molecule has 0 aliphatic rings. The molecule has 0 aliphatic heterocycles. The van der Waals surface area contributed by atoms with E-state index in [-0.39, 0.29) is 32.3 Å². The molecule has 0 fully saturated rings. The Hall–Kier alpha value is -3.23. The molecule has 4 aromatic rings. The zero-order valence-corrected chi connectivity index (χ0v) is 17.8. The number of fused-ring (bicyclic) bond motifs is 1. The first-order chi connectivity index (χ1) is 14.8. The van der Waals surface area contributed by atoms with Crippen LogP contribution in [0.5, 0.6) is 5.75 Å². The molecule has 0 atom stereocenters. The highest BCUT2D eigenvalue weighted by Gasteiger charge is 2.19. The lowest BCUT2D eigenvalue weighted by Crippen LogP contribution is -2.23. The Bertz CT molecular complexity index is 1450. The molecule has 0 amide bonds. The summed E-state index contributed by atoms with van der Waals surface area (Å²) >= 11 is 5.76. The highest BCUT2D eigenvalue weighted by molar-refractivity contribution is 7.91. The van der Waals surface area contributed by atoms with E-state index in [9.17, 15) is 17.6 Å². The number of methoxy groups -OCH3 is 1. The molecule has 1 heterocycles. The van der Waals surface area contributed by atoms with Crippen LogP contribution in [0.15, 0.2) is 81.4 Å². The predicted molar refractivity (Wildman–Crippen MR) is 115 cm³/mol. The van der Waals surface area contributed by atoms with Gasteiger partial charge in [-0.2, -0.15) is 5.10 Å². The lowest BCUT2D eigenvalue weighted by Gasteiger charge is -2.09. The number of aromatic nitrogens is 2. The van der Waals surface area contributed by atoms with Crippen LogP contribution in [-0.2, 0) is 16.4 Å². The van der Waals surface area contributed by atoms with Crippen LogP contribution in [0.25, 0.3) is 10.8 Å². The first kappa shape index (κ1) is 21.0. The molecule has 6 nitrogen and oxygen atoms in total. The molecule has 0 saturated carbocycles. The molecule has 0 saturated heterocycles. The van der Waals surface area contributed by atoms with Crippen LogP contribution in [0.2, 0.25) is 5.02 Å². The number of halogens is 2. The van der Waals surface area contributed by atoms with Crippen molar-refractivity contribution in [2.75, 3.05) is 7.11 Å². The maximum absolute atomic E-state index is 14.1. The number of hydrogen-bond acceptors (Lipinski definition) is 5. The van der Waals surface area contributed by atoms with Crippen molar-refractivity contribution >= 4 is 32.2 Å². The van der Waals surface area contributed by atoms with Crippen LogP contribution in [-0.4, -0.2) is 25.3 Å². The van der Waals surface area contributed by atoms with Crippen LogP contribution in [0, 0.1) is 5.82 Å². The molecule has 0 bridgehead atoms. The fourth-order valence-corrected chi connectivity index (χ4v) is 4.60. The van der Waals surface area contributed by atoms with Gasteiger partial charge in [-0.15, -0.1) is 0 Å². The molecule has 0 unspecified atom stereocenters. The lowest BCUT2D eigenvalue weighted by atomic mass is 10.2. The number of rotatable bonds is 5. The number of benzene rings is 3. The molecule has 0 spiro atoms. The predicted octanol–water partition coefficient (Wildman–Crippen LogP) is 4.08. The van der Waals surface area contributed by atoms with Gasteiger partial charge >= 0.3 is 0 Å². The van der Waals surface area contributed by atoms with Crippen molar-refractivity contribution in [1.82, 2.24) is 9.78 Å². The van der Waals surface area contributed by atoms with Crippen molar-refractivity contribution in [2.24, 2.45) is 0 Å². The molecule has 0 radical (unpaired) electrons. The molecule has 3 aromatic carbocycles. The van der Waals surface area contributed by atoms with E-state index in [0.717, 1.165) is 4.68 Å². The van der Waals surface area contributed by atoms with Crippen molar-refractivity contribution in [3.05, 3.63) is 93.6 Å². The standard InChI is InChI=1S/C22H16ClFN2O4S/c1-30-17-4-6-18(7-5-17)31(28,29)19-8-9-20-15(10-19)12-25-26(22(20)27)13-14-2-3-16(23)11-21(14)24/h2-12H,13H2,1H3. The quantitative estimate of drug-likeness (QED) is 0.450. The van der Waals surface area contributed by atoms with Crippen LogP contribution in [0.1, 0.15) is 5.56 Å². The second-order valence-corrected chi connectivity index (χ2v) is 9.16. The summed E-state index contributed by atoms with van der Waals surface area (Å²) in [5.74, 6) is 0.00145. The largest absolute Gasteiger partial charge is 0.497 e. The summed E-state index contributed by atoms with van der Waals surface area (Å²) in [4.78, 5) is 12.9. The Morgan fingerprint density at radius 2 is 1.74 bits per heavy atom. The van der Waals surface area contributed by atoms with Crippen molar-refractivity contribution in [3.8, 4) is 5.75 Å². The minimum absolute atomic E-state index is 0.0351. The van der Waals surface area contributed by atoms with Gasteiger partial charge < -0.3 is 4.74 Å². The zero-order chi connectivity index (χ0) is 22.2. The SMILES string of the molecule is COc1ccc(S(=O)(=O)c2ccc3c(=O)n(Cc4ccc(Cl)cc4F)ncc3c2)cc1. The van der Waals surface area contributed by atoms with Gasteiger partial charge in [-0.3, -0.25) is 4.79 Å². The summed E-state index contributed by atoms with van der Waals surface area (Å²) in [6.07, 6.45) is 1.39. The topological polar surface area (TPSA) is 78.3 Å². The van der Waals surface area contributed by atoms with Crippen molar-refractivity contribution in [2.45, 2.75) is 16.3 Å². The van der Waals surface area contributed by atoms with Crippen molar-refractivity contribution < 1.29 is 17.5 Å². The molecular weight excluding hydrogens is 443 g/mol. The fourth-order valence-electron chi connectivity index (χ4n) is 3.15. The molecule has 9 heteroatoms. The Labute approximate surface area is 182 Å². The fraction of sp³-hybridized carbons (Fsp3) is 0.0909. The number of hydrogen-bond donors (Lipinski definition) is 0. The van der Waals surface area contributed by atoms with E-state index in [1.54, 1.807) is 12.1 Å². The van der Waals surface area contributed by atoms with E-state index < -0.39 is 21.2 Å². The van der Waals surface area contributed by atoms with Gasteiger partial charge in [-0.25, -0.2) is 17.5 Å². The minimum atomic E-state index is -3.79. The average Bonchev–Trinajstić information content (AvgIpc) is 2.77. The lowest BCUT2D eigenvalue weighted by molar-refractivity contribution is 0.414. The smallest absolute Gasteiger partial charge is 0.274 e.